The second kappa shape index (κ2) is 3.08. The Balaban J connectivity index is 2.17. The Bertz CT molecular complexity index is 518. The topological polar surface area (TPSA) is 34.0 Å². The molecule has 4 nitrogen and oxygen atoms in total. The summed E-state index contributed by atoms with van der Waals surface area (Å²) in [6.07, 6.45) is 7.98. The van der Waals surface area contributed by atoms with Crippen LogP contribution in [0.5, 0.6) is 0 Å². The first-order chi connectivity index (χ1) is 7.36. The number of aromatic nitrogens is 3. The molecular weight excluding hydrogens is 188 g/mol. The molecule has 1 aliphatic heterocycles. The van der Waals surface area contributed by atoms with Crippen LogP contribution in [-0.4, -0.2) is 27.6 Å². The van der Waals surface area contributed by atoms with Gasteiger partial charge in [0.15, 0.2) is 0 Å². The van der Waals surface area contributed by atoms with Crippen molar-refractivity contribution in [3.05, 3.63) is 30.7 Å². The summed E-state index contributed by atoms with van der Waals surface area (Å²) in [6, 6.07) is 2.07. The van der Waals surface area contributed by atoms with Crippen LogP contribution in [0.25, 0.3) is 11.0 Å². The summed E-state index contributed by atoms with van der Waals surface area (Å²) >= 11 is 0. The molecule has 0 spiro atoms. The zero-order valence-corrected chi connectivity index (χ0v) is 8.59. The molecule has 3 rings (SSSR count). The molecule has 0 fully saturated rings. The minimum atomic E-state index is 0.945. The lowest BCUT2D eigenvalue weighted by atomic mass is 10.3. The molecule has 0 atom stereocenters. The molecule has 0 aromatic carbocycles. The van der Waals surface area contributed by atoms with E-state index in [2.05, 4.69) is 33.1 Å². The standard InChI is InChI=1S/C11H12N4/c1-14-7-4-9-10(14)12-8-13-11(9)15-5-2-3-6-15/h2-4,7-8H,5-6H2,1H3. The van der Waals surface area contributed by atoms with Crippen molar-refractivity contribution in [1.29, 1.82) is 0 Å². The van der Waals surface area contributed by atoms with E-state index in [-0.39, 0.29) is 0 Å². The Morgan fingerprint density at radius 3 is 2.80 bits per heavy atom. The molecule has 76 valence electrons. The summed E-state index contributed by atoms with van der Waals surface area (Å²) in [5.41, 5.74) is 0.993. The number of rotatable bonds is 1. The summed E-state index contributed by atoms with van der Waals surface area (Å²) in [7, 11) is 2.00. The molecule has 15 heavy (non-hydrogen) atoms. The summed E-state index contributed by atoms with van der Waals surface area (Å²) in [4.78, 5) is 10.9. The van der Waals surface area contributed by atoms with Crippen molar-refractivity contribution in [2.24, 2.45) is 7.05 Å². The van der Waals surface area contributed by atoms with Crippen LogP contribution in [0.15, 0.2) is 30.7 Å². The third-order valence-electron chi connectivity index (χ3n) is 2.76. The lowest BCUT2D eigenvalue weighted by Gasteiger charge is -2.16. The predicted octanol–water partition coefficient (Wildman–Crippen LogP) is 1.34. The summed E-state index contributed by atoms with van der Waals surface area (Å²) < 4.78 is 2.02. The largest absolute Gasteiger partial charge is 0.349 e. The van der Waals surface area contributed by atoms with Gasteiger partial charge in [-0.25, -0.2) is 9.97 Å². The monoisotopic (exact) mass is 200 g/mol. The first-order valence-corrected chi connectivity index (χ1v) is 5.02. The van der Waals surface area contributed by atoms with Gasteiger partial charge in [-0.2, -0.15) is 0 Å². The van der Waals surface area contributed by atoms with Gasteiger partial charge < -0.3 is 9.47 Å². The van der Waals surface area contributed by atoms with Gasteiger partial charge >= 0.3 is 0 Å². The highest BCUT2D eigenvalue weighted by molar-refractivity contribution is 5.88. The minimum Gasteiger partial charge on any atom is -0.349 e. The molecule has 2 aromatic rings. The van der Waals surface area contributed by atoms with Crippen molar-refractivity contribution in [3.63, 3.8) is 0 Å². The van der Waals surface area contributed by atoms with Gasteiger partial charge in [-0.1, -0.05) is 12.2 Å². The Morgan fingerprint density at radius 1 is 1.20 bits per heavy atom. The van der Waals surface area contributed by atoms with Crippen molar-refractivity contribution in [2.75, 3.05) is 18.0 Å². The highest BCUT2D eigenvalue weighted by atomic mass is 15.2. The van der Waals surface area contributed by atoms with Crippen molar-refractivity contribution in [2.45, 2.75) is 0 Å². The van der Waals surface area contributed by atoms with Gasteiger partial charge in [0.25, 0.3) is 0 Å². The van der Waals surface area contributed by atoms with E-state index >= 15 is 0 Å². The van der Waals surface area contributed by atoms with Crippen LogP contribution in [0.1, 0.15) is 0 Å². The fourth-order valence-corrected chi connectivity index (χ4v) is 1.97. The van der Waals surface area contributed by atoms with Gasteiger partial charge in [-0.3, -0.25) is 0 Å². The van der Waals surface area contributed by atoms with Crippen molar-refractivity contribution < 1.29 is 0 Å². The van der Waals surface area contributed by atoms with E-state index in [4.69, 9.17) is 0 Å². The van der Waals surface area contributed by atoms with Crippen LogP contribution < -0.4 is 4.90 Å². The smallest absolute Gasteiger partial charge is 0.145 e. The highest BCUT2D eigenvalue weighted by Crippen LogP contribution is 2.24. The summed E-state index contributed by atoms with van der Waals surface area (Å²) in [5.74, 6) is 1.03. The maximum atomic E-state index is 4.36. The van der Waals surface area contributed by atoms with E-state index in [9.17, 15) is 0 Å². The quantitative estimate of drug-likeness (QED) is 0.651. The Morgan fingerprint density at radius 2 is 2.00 bits per heavy atom. The Kier molecular flexibility index (Phi) is 1.74. The van der Waals surface area contributed by atoms with E-state index in [1.165, 1.54) is 0 Å². The number of hydrogen-bond acceptors (Lipinski definition) is 3. The maximum absolute atomic E-state index is 4.36. The Hall–Kier alpha value is -1.84. The molecule has 0 N–H and O–H groups in total. The molecule has 0 saturated heterocycles. The van der Waals surface area contributed by atoms with Gasteiger partial charge in [0.05, 0.1) is 5.39 Å². The van der Waals surface area contributed by atoms with Crippen LogP contribution in [0, 0.1) is 0 Å². The molecule has 0 aliphatic carbocycles. The number of anilines is 1. The molecule has 0 radical (unpaired) electrons. The summed E-state index contributed by atoms with van der Waals surface area (Å²) in [6.45, 7) is 1.89. The van der Waals surface area contributed by atoms with Crippen LogP contribution in [-0.2, 0) is 7.05 Å². The van der Waals surface area contributed by atoms with Crippen molar-refractivity contribution in [1.82, 2.24) is 14.5 Å². The van der Waals surface area contributed by atoms with Crippen LogP contribution in [0.3, 0.4) is 0 Å². The van der Waals surface area contributed by atoms with Crippen LogP contribution >= 0.6 is 0 Å². The van der Waals surface area contributed by atoms with Crippen LogP contribution in [0.2, 0.25) is 0 Å². The minimum absolute atomic E-state index is 0.945. The lowest BCUT2D eigenvalue weighted by Crippen LogP contribution is -2.20. The number of nitrogens with zero attached hydrogens (tertiary/aromatic N) is 4. The SMILES string of the molecule is Cn1ccc2c(N3CC=CC3)ncnc21. The van der Waals surface area contributed by atoms with E-state index in [1.54, 1.807) is 6.33 Å². The van der Waals surface area contributed by atoms with E-state index in [0.717, 1.165) is 29.9 Å². The lowest BCUT2D eigenvalue weighted by molar-refractivity contribution is 0.932. The molecule has 4 heteroatoms. The van der Waals surface area contributed by atoms with E-state index < -0.39 is 0 Å². The van der Waals surface area contributed by atoms with E-state index in [1.807, 2.05) is 17.8 Å². The van der Waals surface area contributed by atoms with Gasteiger partial charge in [-0.05, 0) is 6.07 Å². The normalized spacial score (nSPS) is 15.4. The maximum Gasteiger partial charge on any atom is 0.145 e. The average Bonchev–Trinajstić information content (AvgIpc) is 2.88. The van der Waals surface area contributed by atoms with Crippen molar-refractivity contribution in [3.8, 4) is 0 Å². The second-order valence-electron chi connectivity index (χ2n) is 3.74. The number of hydrogen-bond donors (Lipinski definition) is 0. The molecule has 0 amide bonds. The molecule has 0 saturated carbocycles. The third kappa shape index (κ3) is 1.21. The molecule has 3 heterocycles. The molecule has 1 aliphatic rings. The summed E-state index contributed by atoms with van der Waals surface area (Å²) in [5, 5.41) is 1.13. The van der Waals surface area contributed by atoms with Crippen LogP contribution in [0.4, 0.5) is 5.82 Å². The van der Waals surface area contributed by atoms with E-state index in [0.29, 0.717) is 0 Å². The molecule has 2 aromatic heterocycles. The third-order valence-corrected chi connectivity index (χ3v) is 2.76. The highest BCUT2D eigenvalue weighted by Gasteiger charge is 2.14. The first-order valence-electron chi connectivity index (χ1n) is 5.02. The average molecular weight is 200 g/mol. The predicted molar refractivity (Wildman–Crippen MR) is 59.9 cm³/mol. The zero-order chi connectivity index (χ0) is 10.3. The fraction of sp³-hybridized carbons (Fsp3) is 0.273. The number of aryl methyl sites for hydroxylation is 1. The molecular formula is C11H12N4. The second-order valence-corrected chi connectivity index (χ2v) is 3.74. The van der Waals surface area contributed by atoms with Crippen molar-refractivity contribution >= 4 is 16.9 Å². The zero-order valence-electron chi connectivity index (χ0n) is 8.59. The molecule has 0 bridgehead atoms. The van der Waals surface area contributed by atoms with Gasteiger partial charge in [-0.15, -0.1) is 0 Å². The fourth-order valence-electron chi connectivity index (χ4n) is 1.97. The Labute approximate surface area is 87.9 Å². The van der Waals surface area contributed by atoms with Gasteiger partial charge in [0.2, 0.25) is 0 Å². The number of fused-ring (bicyclic) bond motifs is 1. The molecule has 0 unspecified atom stereocenters. The van der Waals surface area contributed by atoms with Gasteiger partial charge in [0, 0.05) is 26.3 Å². The van der Waals surface area contributed by atoms with Gasteiger partial charge in [0.1, 0.15) is 17.8 Å². The first kappa shape index (κ1) is 8.47.